The molecule has 0 radical (unpaired) electrons. The molecule has 0 unspecified atom stereocenters. The molecule has 0 fully saturated rings. The Morgan fingerprint density at radius 1 is 1.26 bits per heavy atom. The summed E-state index contributed by atoms with van der Waals surface area (Å²) in [6.07, 6.45) is 0. The van der Waals surface area contributed by atoms with Gasteiger partial charge in [0.25, 0.3) is 5.91 Å². The van der Waals surface area contributed by atoms with E-state index < -0.39 is 5.97 Å². The number of hydrogen-bond acceptors (Lipinski definition) is 4. The van der Waals surface area contributed by atoms with Crippen molar-refractivity contribution in [1.29, 1.82) is 0 Å². The highest BCUT2D eigenvalue weighted by atomic mass is 16.5. The summed E-state index contributed by atoms with van der Waals surface area (Å²) in [5.74, 6) is -0.586. The van der Waals surface area contributed by atoms with Gasteiger partial charge in [0, 0.05) is 11.0 Å². The average molecular weight is 315 g/mol. The Morgan fingerprint density at radius 2 is 2.04 bits per heavy atom. The Morgan fingerprint density at radius 3 is 2.74 bits per heavy atom. The molecule has 120 valence electrons. The molecule has 0 aliphatic carbocycles. The number of amides is 1. The molecule has 1 amide bonds. The largest absolute Gasteiger partial charge is 0.492 e. The van der Waals surface area contributed by atoms with Crippen LogP contribution >= 0.6 is 0 Å². The van der Waals surface area contributed by atoms with Crippen molar-refractivity contribution < 1.29 is 23.8 Å². The van der Waals surface area contributed by atoms with E-state index in [0.29, 0.717) is 23.7 Å². The normalized spacial score (nSPS) is 14.9. The standard InChI is InChI=1S/C17H17NO5/c1-17(2)9-22-14-11(4-3-5-12(14)17)15(19)18-8-10-6-7-13(23-10)16(20)21/h3-7H,8-9H2,1-2H3,(H,18,19)(H,20,21). The molecule has 2 heterocycles. The molecule has 6 nitrogen and oxygen atoms in total. The fourth-order valence-corrected chi connectivity index (χ4v) is 2.59. The lowest BCUT2D eigenvalue weighted by Crippen LogP contribution is -2.23. The summed E-state index contributed by atoms with van der Waals surface area (Å²) in [6, 6.07) is 8.39. The second-order valence-corrected chi connectivity index (χ2v) is 6.11. The number of carbonyl (C=O) groups excluding carboxylic acids is 1. The third-order valence-electron chi connectivity index (χ3n) is 3.86. The molecular formula is C17H17NO5. The Labute approximate surface area is 133 Å². The summed E-state index contributed by atoms with van der Waals surface area (Å²) in [5, 5.41) is 11.5. The van der Waals surface area contributed by atoms with Crippen LogP contribution in [0, 0.1) is 0 Å². The first-order valence-corrected chi connectivity index (χ1v) is 7.25. The molecule has 2 aromatic rings. The summed E-state index contributed by atoms with van der Waals surface area (Å²) in [4.78, 5) is 23.1. The van der Waals surface area contributed by atoms with E-state index in [2.05, 4.69) is 19.2 Å². The monoisotopic (exact) mass is 315 g/mol. The SMILES string of the molecule is CC1(C)COc2c(C(=O)NCc3ccc(C(=O)O)o3)cccc21. The third-order valence-corrected chi connectivity index (χ3v) is 3.86. The van der Waals surface area contributed by atoms with Gasteiger partial charge in [-0.3, -0.25) is 4.79 Å². The van der Waals surface area contributed by atoms with Crippen LogP contribution in [0.5, 0.6) is 5.75 Å². The van der Waals surface area contributed by atoms with Crippen molar-refractivity contribution in [3.05, 3.63) is 53.0 Å². The minimum absolute atomic E-state index is 0.110. The van der Waals surface area contributed by atoms with Crippen molar-refractivity contribution in [2.45, 2.75) is 25.8 Å². The molecule has 0 saturated carbocycles. The number of carboxylic acids is 1. The minimum Gasteiger partial charge on any atom is -0.492 e. The molecule has 2 N–H and O–H groups in total. The molecule has 0 saturated heterocycles. The fourth-order valence-electron chi connectivity index (χ4n) is 2.59. The van der Waals surface area contributed by atoms with E-state index in [1.165, 1.54) is 12.1 Å². The van der Waals surface area contributed by atoms with Crippen LogP contribution in [0.4, 0.5) is 0 Å². The number of furan rings is 1. The van der Waals surface area contributed by atoms with Crippen LogP contribution in [-0.4, -0.2) is 23.6 Å². The van der Waals surface area contributed by atoms with Crippen LogP contribution in [0.1, 0.15) is 46.1 Å². The van der Waals surface area contributed by atoms with Gasteiger partial charge in [-0.05, 0) is 18.2 Å². The van der Waals surface area contributed by atoms with Gasteiger partial charge in [-0.15, -0.1) is 0 Å². The van der Waals surface area contributed by atoms with Gasteiger partial charge in [0.15, 0.2) is 0 Å². The molecule has 1 aliphatic heterocycles. The number of rotatable bonds is 4. The van der Waals surface area contributed by atoms with Crippen molar-refractivity contribution in [2.24, 2.45) is 0 Å². The number of hydrogen-bond donors (Lipinski definition) is 2. The quantitative estimate of drug-likeness (QED) is 0.905. The highest BCUT2D eigenvalue weighted by Gasteiger charge is 2.34. The van der Waals surface area contributed by atoms with Crippen LogP contribution in [0.15, 0.2) is 34.7 Å². The highest BCUT2D eigenvalue weighted by Crippen LogP contribution is 2.40. The van der Waals surface area contributed by atoms with Crippen molar-refractivity contribution in [3.63, 3.8) is 0 Å². The zero-order chi connectivity index (χ0) is 16.6. The number of para-hydroxylation sites is 1. The lowest BCUT2D eigenvalue weighted by Gasteiger charge is -2.15. The van der Waals surface area contributed by atoms with Crippen LogP contribution in [0.25, 0.3) is 0 Å². The second-order valence-electron chi connectivity index (χ2n) is 6.11. The van der Waals surface area contributed by atoms with Gasteiger partial charge in [-0.1, -0.05) is 26.0 Å². The van der Waals surface area contributed by atoms with Crippen LogP contribution in [-0.2, 0) is 12.0 Å². The van der Waals surface area contributed by atoms with Crippen LogP contribution in [0.3, 0.4) is 0 Å². The fraction of sp³-hybridized carbons (Fsp3) is 0.294. The number of aromatic carboxylic acids is 1. The van der Waals surface area contributed by atoms with E-state index in [0.717, 1.165) is 5.56 Å². The van der Waals surface area contributed by atoms with Crippen molar-refractivity contribution in [1.82, 2.24) is 5.32 Å². The highest BCUT2D eigenvalue weighted by molar-refractivity contribution is 5.97. The van der Waals surface area contributed by atoms with Gasteiger partial charge < -0.3 is 19.6 Å². The summed E-state index contributed by atoms with van der Waals surface area (Å²) >= 11 is 0. The van der Waals surface area contributed by atoms with Crippen molar-refractivity contribution in [2.75, 3.05) is 6.61 Å². The first-order chi connectivity index (χ1) is 10.9. The maximum absolute atomic E-state index is 12.4. The minimum atomic E-state index is -1.14. The number of carbonyl (C=O) groups is 2. The van der Waals surface area contributed by atoms with Gasteiger partial charge in [-0.25, -0.2) is 4.79 Å². The molecule has 1 aliphatic rings. The number of ether oxygens (including phenoxy) is 1. The number of fused-ring (bicyclic) bond motifs is 1. The molecule has 6 heteroatoms. The smallest absolute Gasteiger partial charge is 0.371 e. The van der Waals surface area contributed by atoms with Crippen molar-refractivity contribution in [3.8, 4) is 5.75 Å². The topological polar surface area (TPSA) is 88.8 Å². The van der Waals surface area contributed by atoms with E-state index >= 15 is 0 Å². The second kappa shape index (κ2) is 5.46. The first kappa shape index (κ1) is 15.1. The van der Waals surface area contributed by atoms with E-state index in [-0.39, 0.29) is 23.6 Å². The van der Waals surface area contributed by atoms with Gasteiger partial charge in [0.05, 0.1) is 18.7 Å². The third kappa shape index (κ3) is 2.79. The Bertz CT molecular complexity index is 775. The first-order valence-electron chi connectivity index (χ1n) is 7.25. The van der Waals surface area contributed by atoms with Gasteiger partial charge in [0.2, 0.25) is 5.76 Å². The van der Waals surface area contributed by atoms with E-state index in [1.54, 1.807) is 6.07 Å². The number of carboxylic acid groups (broad SMARTS) is 1. The zero-order valence-electron chi connectivity index (χ0n) is 12.9. The summed E-state index contributed by atoms with van der Waals surface area (Å²) in [5.41, 5.74) is 1.36. The van der Waals surface area contributed by atoms with Gasteiger partial charge in [-0.2, -0.15) is 0 Å². The van der Waals surface area contributed by atoms with E-state index in [1.807, 2.05) is 12.1 Å². The van der Waals surface area contributed by atoms with Gasteiger partial charge in [0.1, 0.15) is 11.5 Å². The van der Waals surface area contributed by atoms with Crippen LogP contribution in [0.2, 0.25) is 0 Å². The maximum atomic E-state index is 12.4. The molecule has 0 atom stereocenters. The Hall–Kier alpha value is -2.76. The van der Waals surface area contributed by atoms with E-state index in [4.69, 9.17) is 14.3 Å². The number of nitrogens with one attached hydrogen (secondary N) is 1. The van der Waals surface area contributed by atoms with Crippen molar-refractivity contribution >= 4 is 11.9 Å². The summed E-state index contributed by atoms with van der Waals surface area (Å²) in [7, 11) is 0. The average Bonchev–Trinajstić information content (AvgIpc) is 3.10. The molecule has 0 spiro atoms. The predicted molar refractivity (Wildman–Crippen MR) is 81.8 cm³/mol. The molecule has 1 aromatic carbocycles. The lowest BCUT2D eigenvalue weighted by atomic mass is 9.86. The zero-order valence-corrected chi connectivity index (χ0v) is 12.9. The van der Waals surface area contributed by atoms with E-state index in [9.17, 15) is 9.59 Å². The predicted octanol–water partition coefficient (Wildman–Crippen LogP) is 2.58. The van der Waals surface area contributed by atoms with Crippen LogP contribution < -0.4 is 10.1 Å². The van der Waals surface area contributed by atoms with Gasteiger partial charge >= 0.3 is 5.97 Å². The Kier molecular flexibility index (Phi) is 3.60. The summed E-state index contributed by atoms with van der Waals surface area (Å²) < 4.78 is 10.8. The maximum Gasteiger partial charge on any atom is 0.371 e. The summed E-state index contributed by atoms with van der Waals surface area (Å²) in [6.45, 7) is 4.78. The molecule has 0 bridgehead atoms. The molecular weight excluding hydrogens is 298 g/mol. The molecule has 3 rings (SSSR count). The molecule has 1 aromatic heterocycles. The molecule has 23 heavy (non-hydrogen) atoms. The Balaban J connectivity index is 1.74. The lowest BCUT2D eigenvalue weighted by molar-refractivity contribution is 0.0660. The number of benzene rings is 1.